The molecule has 0 fully saturated rings. The molecule has 0 amide bonds. The fourth-order valence-electron chi connectivity index (χ4n) is 2.76. The van der Waals surface area contributed by atoms with Gasteiger partial charge < -0.3 is 8.85 Å². The van der Waals surface area contributed by atoms with Crippen molar-refractivity contribution in [1.82, 2.24) is 0 Å². The normalized spacial score (nSPS) is 15.6. The molecule has 0 aliphatic carbocycles. The van der Waals surface area contributed by atoms with Gasteiger partial charge in [-0.2, -0.15) is 0 Å². The van der Waals surface area contributed by atoms with Gasteiger partial charge in [0.25, 0.3) is 0 Å². The van der Waals surface area contributed by atoms with Crippen molar-refractivity contribution < 1.29 is 8.85 Å². The lowest BCUT2D eigenvalue weighted by atomic mass is 10.2. The van der Waals surface area contributed by atoms with E-state index in [0.29, 0.717) is 9.75 Å². The molecule has 2 unspecified atom stereocenters. The Hall–Kier alpha value is -0.156. The third kappa shape index (κ3) is 8.39. The Bertz CT molecular complexity index is 589. The highest BCUT2D eigenvalue weighted by molar-refractivity contribution is 9.18. The Labute approximate surface area is 180 Å². The first-order valence-corrected chi connectivity index (χ1v) is 16.1. The number of hydrogen-bond donors (Lipinski definition) is 2. The highest BCUT2D eigenvalue weighted by atomic mass is 33.5. The van der Waals surface area contributed by atoms with Crippen molar-refractivity contribution in [2.45, 2.75) is 36.4 Å². The molecule has 2 nitrogen and oxygen atoms in total. The smallest absolute Gasteiger partial charge is 0.174 e. The molecule has 0 bridgehead atoms. The Morgan fingerprint density at radius 3 is 1.48 bits per heavy atom. The summed E-state index contributed by atoms with van der Waals surface area (Å²) in [5, 5.41) is 0. The average Bonchev–Trinajstić information content (AvgIpc) is 2.69. The maximum absolute atomic E-state index is 6.06. The van der Waals surface area contributed by atoms with Crippen LogP contribution in [-0.2, 0) is 21.7 Å². The molecule has 2 aromatic rings. The van der Waals surface area contributed by atoms with Gasteiger partial charge in [-0.15, -0.1) is 31.4 Å². The topological polar surface area (TPSA) is 18.5 Å². The molecule has 2 aromatic carbocycles. The molecule has 7 heteroatoms. The van der Waals surface area contributed by atoms with E-state index in [1.54, 1.807) is 0 Å². The molecular formula is C20H32O2S3Si2. The van der Waals surface area contributed by atoms with E-state index in [0.717, 1.165) is 26.1 Å². The van der Waals surface area contributed by atoms with Crippen molar-refractivity contribution in [2.24, 2.45) is 0 Å². The lowest BCUT2D eigenvalue weighted by molar-refractivity contribution is 0.338. The minimum absolute atomic E-state index is 0.472. The summed E-state index contributed by atoms with van der Waals surface area (Å²) in [5.41, 5.74) is 2.67. The summed E-state index contributed by atoms with van der Waals surface area (Å²) >= 11 is 9.96. The van der Waals surface area contributed by atoms with Crippen LogP contribution in [0.2, 0.25) is 0 Å². The lowest BCUT2D eigenvalue weighted by Gasteiger charge is -2.40. The maximum Gasteiger partial charge on any atom is 0.174 e. The van der Waals surface area contributed by atoms with E-state index in [4.69, 9.17) is 32.2 Å². The van der Waals surface area contributed by atoms with E-state index in [-0.39, 0.29) is 0 Å². The van der Waals surface area contributed by atoms with Crippen molar-refractivity contribution in [3.8, 4) is 0 Å². The van der Waals surface area contributed by atoms with Gasteiger partial charge in [-0.3, -0.25) is 0 Å². The van der Waals surface area contributed by atoms with E-state index in [1.165, 1.54) is 11.1 Å². The molecule has 2 atom stereocenters. The van der Waals surface area contributed by atoms with Crippen LogP contribution in [0.4, 0.5) is 0 Å². The van der Waals surface area contributed by atoms with Crippen LogP contribution in [0, 0.1) is 0 Å². The summed E-state index contributed by atoms with van der Waals surface area (Å²) < 4.78 is 12.1. The van der Waals surface area contributed by atoms with Gasteiger partial charge in [0.1, 0.15) is 0 Å². The van der Waals surface area contributed by atoms with Crippen LogP contribution < -0.4 is 0 Å². The van der Waals surface area contributed by atoms with Crippen molar-refractivity contribution in [2.75, 3.05) is 13.2 Å². The molecule has 2 rings (SSSR count). The quantitative estimate of drug-likeness (QED) is 0.219. The zero-order chi connectivity index (χ0) is 19.5. The predicted octanol–water partition coefficient (Wildman–Crippen LogP) is 3.86. The van der Waals surface area contributed by atoms with Crippen molar-refractivity contribution in [3.05, 3.63) is 71.8 Å². The van der Waals surface area contributed by atoms with Crippen LogP contribution in [0.15, 0.2) is 60.7 Å². The minimum Gasteiger partial charge on any atom is -0.423 e. The first-order valence-electron chi connectivity index (χ1n) is 9.49. The molecule has 0 N–H and O–H groups in total. The second kappa shape index (κ2) is 12.4. The van der Waals surface area contributed by atoms with Gasteiger partial charge in [-0.1, -0.05) is 74.5 Å². The van der Waals surface area contributed by atoms with Crippen LogP contribution in [-0.4, -0.2) is 42.5 Å². The van der Waals surface area contributed by atoms with E-state index in [9.17, 15) is 0 Å². The second-order valence-corrected chi connectivity index (χ2v) is 19.4. The van der Waals surface area contributed by atoms with Crippen molar-refractivity contribution in [3.63, 3.8) is 0 Å². The number of benzene rings is 2. The molecular weight excluding hydrogens is 425 g/mol. The number of rotatable bonds is 12. The summed E-state index contributed by atoms with van der Waals surface area (Å²) in [6.45, 7) is 6.13. The van der Waals surface area contributed by atoms with Crippen LogP contribution in [0.25, 0.3) is 0 Å². The number of thiol groups is 2. The van der Waals surface area contributed by atoms with Crippen LogP contribution in [0.3, 0.4) is 0 Å². The first kappa shape index (κ1) is 23.1. The molecule has 0 heterocycles. The number of hydrogen-bond acceptors (Lipinski definition) is 4. The van der Waals surface area contributed by atoms with Crippen LogP contribution in [0.5, 0.6) is 0 Å². The zero-order valence-corrected chi connectivity index (χ0v) is 21.7. The summed E-state index contributed by atoms with van der Waals surface area (Å²) in [4.78, 5) is 0.945. The molecule has 27 heavy (non-hydrogen) atoms. The van der Waals surface area contributed by atoms with E-state index in [2.05, 4.69) is 62.4 Å². The lowest BCUT2D eigenvalue weighted by Crippen LogP contribution is -2.29. The summed E-state index contributed by atoms with van der Waals surface area (Å²) in [6, 6.07) is 21.0. The molecule has 0 aliphatic heterocycles. The van der Waals surface area contributed by atoms with Crippen molar-refractivity contribution in [1.29, 1.82) is 0 Å². The van der Waals surface area contributed by atoms with Crippen molar-refractivity contribution >= 4 is 50.9 Å². The second-order valence-electron chi connectivity index (χ2n) is 6.88. The van der Waals surface area contributed by atoms with Gasteiger partial charge in [0.15, 0.2) is 19.5 Å². The fraction of sp³-hybridized carbons (Fsp3) is 0.400. The average molecular weight is 457 g/mol. The zero-order valence-electron chi connectivity index (χ0n) is 16.3. The third-order valence-corrected chi connectivity index (χ3v) is 20.7. The Balaban J connectivity index is 1.64. The van der Waals surface area contributed by atoms with Gasteiger partial charge in [0.05, 0.1) is 0 Å². The standard InChI is InChI=1S/C20H32O2S3Si2/c1-17(26-21-15-13-19-9-5-3-6-10-19)25(23,24)18(2)27-22-16-14-20-11-7-4-8-12-20/h3-12,17-18,23-24H,13-16,26-27H2,1-2H3. The predicted molar refractivity (Wildman–Crippen MR) is 134 cm³/mol. The van der Waals surface area contributed by atoms with Crippen LogP contribution >= 0.6 is 31.4 Å². The molecule has 0 aliphatic rings. The molecule has 0 aromatic heterocycles. The van der Waals surface area contributed by atoms with Gasteiger partial charge in [-0.25, -0.2) is 0 Å². The van der Waals surface area contributed by atoms with E-state index >= 15 is 0 Å². The summed E-state index contributed by atoms with van der Waals surface area (Å²) in [7, 11) is -2.56. The van der Waals surface area contributed by atoms with E-state index in [1.807, 2.05) is 12.1 Å². The molecule has 150 valence electrons. The molecule has 0 saturated heterocycles. The van der Waals surface area contributed by atoms with Gasteiger partial charge in [0, 0.05) is 23.0 Å². The maximum atomic E-state index is 6.06. The van der Waals surface area contributed by atoms with Gasteiger partial charge >= 0.3 is 0 Å². The van der Waals surface area contributed by atoms with Gasteiger partial charge in [0.2, 0.25) is 0 Å². The molecule has 0 spiro atoms. The first-order chi connectivity index (χ1) is 13.0. The van der Waals surface area contributed by atoms with E-state index < -0.39 is 27.6 Å². The fourth-order valence-corrected chi connectivity index (χ4v) is 12.0. The third-order valence-electron chi connectivity index (χ3n) is 4.65. The summed E-state index contributed by atoms with van der Waals surface area (Å²) in [5.74, 6) is 0. The summed E-state index contributed by atoms with van der Waals surface area (Å²) in [6.07, 6.45) is 1.96. The van der Waals surface area contributed by atoms with Gasteiger partial charge in [-0.05, 0) is 24.0 Å². The highest BCUT2D eigenvalue weighted by Crippen LogP contribution is 2.64. The molecule has 0 radical (unpaired) electrons. The van der Waals surface area contributed by atoms with Crippen LogP contribution in [0.1, 0.15) is 25.0 Å². The highest BCUT2D eigenvalue weighted by Gasteiger charge is 2.30. The minimum atomic E-state index is -1.27. The Kier molecular flexibility index (Phi) is 10.6. The monoisotopic (exact) mass is 456 g/mol. The Morgan fingerprint density at radius 2 is 1.11 bits per heavy atom. The Morgan fingerprint density at radius 1 is 0.741 bits per heavy atom. The molecule has 0 saturated carbocycles. The SMILES string of the molecule is CC([SiH2]OCCc1ccccc1)S(S)(S)C(C)[SiH2]OCCc1ccccc1. The largest absolute Gasteiger partial charge is 0.423 e.